The summed E-state index contributed by atoms with van der Waals surface area (Å²) in [4.78, 5) is 12.5. The first kappa shape index (κ1) is 11.5. The van der Waals surface area contributed by atoms with E-state index in [0.717, 1.165) is 10.8 Å². The molecule has 0 radical (unpaired) electrons. The standard InChI is InChI=1S/C10H12N6S/c1-13-8-3-2-4-9(16-8)17-10-14-6(11)5-7(12)15-10/h2-5H,1H3,(H,13,16)(H4,11,12,14,15). The van der Waals surface area contributed by atoms with E-state index in [-0.39, 0.29) is 0 Å². The zero-order valence-electron chi connectivity index (χ0n) is 9.21. The van der Waals surface area contributed by atoms with Gasteiger partial charge in [0.2, 0.25) is 0 Å². The summed E-state index contributed by atoms with van der Waals surface area (Å²) in [5.74, 6) is 1.49. The molecule has 88 valence electrons. The zero-order valence-corrected chi connectivity index (χ0v) is 10.0. The maximum atomic E-state index is 5.59. The van der Waals surface area contributed by atoms with Crippen LogP contribution in [0.15, 0.2) is 34.4 Å². The Morgan fingerprint density at radius 1 is 1.12 bits per heavy atom. The molecule has 0 aromatic carbocycles. The summed E-state index contributed by atoms with van der Waals surface area (Å²) in [6.45, 7) is 0. The van der Waals surface area contributed by atoms with Crippen LogP contribution in [0.25, 0.3) is 0 Å². The monoisotopic (exact) mass is 248 g/mol. The van der Waals surface area contributed by atoms with Crippen molar-refractivity contribution in [2.75, 3.05) is 23.8 Å². The molecule has 0 saturated heterocycles. The van der Waals surface area contributed by atoms with Crippen molar-refractivity contribution in [2.45, 2.75) is 10.2 Å². The number of hydrogen-bond donors (Lipinski definition) is 3. The van der Waals surface area contributed by atoms with E-state index in [1.54, 1.807) is 0 Å². The van der Waals surface area contributed by atoms with E-state index in [0.29, 0.717) is 16.8 Å². The van der Waals surface area contributed by atoms with Crippen molar-refractivity contribution in [3.05, 3.63) is 24.3 Å². The quantitative estimate of drug-likeness (QED) is 0.702. The molecule has 0 unspecified atom stereocenters. The molecule has 5 N–H and O–H groups in total. The Morgan fingerprint density at radius 3 is 2.47 bits per heavy atom. The summed E-state index contributed by atoms with van der Waals surface area (Å²) < 4.78 is 0. The summed E-state index contributed by atoms with van der Waals surface area (Å²) in [5, 5.41) is 4.23. The van der Waals surface area contributed by atoms with Crippen LogP contribution < -0.4 is 16.8 Å². The average molecular weight is 248 g/mol. The number of nitrogens with one attached hydrogen (secondary N) is 1. The molecular formula is C10H12N6S. The Balaban J connectivity index is 2.24. The minimum atomic E-state index is 0.352. The summed E-state index contributed by atoms with van der Waals surface area (Å²) in [6.07, 6.45) is 0. The van der Waals surface area contributed by atoms with Crippen molar-refractivity contribution in [3.8, 4) is 0 Å². The van der Waals surface area contributed by atoms with Crippen molar-refractivity contribution in [2.24, 2.45) is 0 Å². The molecule has 0 aliphatic carbocycles. The number of nitrogens with two attached hydrogens (primary N) is 2. The largest absolute Gasteiger partial charge is 0.383 e. The van der Waals surface area contributed by atoms with E-state index in [4.69, 9.17) is 11.5 Å². The number of nitrogen functional groups attached to an aromatic ring is 2. The molecule has 2 heterocycles. The molecule has 2 aromatic rings. The molecule has 0 spiro atoms. The lowest BCUT2D eigenvalue weighted by molar-refractivity contribution is 0.977. The molecule has 0 atom stereocenters. The van der Waals surface area contributed by atoms with Gasteiger partial charge in [-0.2, -0.15) is 0 Å². The first-order valence-electron chi connectivity index (χ1n) is 4.90. The molecule has 7 heteroatoms. The first-order chi connectivity index (χ1) is 8.17. The van der Waals surface area contributed by atoms with Gasteiger partial charge in [0.05, 0.1) is 0 Å². The molecule has 2 aromatic heterocycles. The van der Waals surface area contributed by atoms with E-state index in [1.807, 2.05) is 25.2 Å². The highest BCUT2D eigenvalue weighted by Gasteiger charge is 2.04. The minimum absolute atomic E-state index is 0.352. The molecule has 6 nitrogen and oxygen atoms in total. The van der Waals surface area contributed by atoms with Crippen molar-refractivity contribution >= 4 is 29.2 Å². The Hall–Kier alpha value is -2.02. The second kappa shape index (κ2) is 4.88. The molecule has 2 rings (SSSR count). The normalized spacial score (nSPS) is 10.2. The van der Waals surface area contributed by atoms with Crippen LogP contribution in [-0.4, -0.2) is 22.0 Å². The van der Waals surface area contributed by atoms with Gasteiger partial charge in [-0.25, -0.2) is 15.0 Å². The predicted molar refractivity (Wildman–Crippen MR) is 68.8 cm³/mol. The third kappa shape index (κ3) is 2.97. The second-order valence-corrected chi connectivity index (χ2v) is 4.20. The Kier molecular flexibility index (Phi) is 3.29. The minimum Gasteiger partial charge on any atom is -0.383 e. The lowest BCUT2D eigenvalue weighted by Gasteiger charge is -2.03. The molecule has 0 aliphatic heterocycles. The number of hydrogen-bond acceptors (Lipinski definition) is 7. The van der Waals surface area contributed by atoms with Crippen LogP contribution in [0.4, 0.5) is 17.5 Å². The molecule has 0 fully saturated rings. The molecule has 0 bridgehead atoms. The zero-order chi connectivity index (χ0) is 12.3. The lowest BCUT2D eigenvalue weighted by Crippen LogP contribution is -1.99. The maximum absolute atomic E-state index is 5.59. The molecule has 0 amide bonds. The van der Waals surface area contributed by atoms with Crippen LogP contribution in [0, 0.1) is 0 Å². The number of aromatic nitrogens is 3. The van der Waals surface area contributed by atoms with Gasteiger partial charge in [0.25, 0.3) is 0 Å². The predicted octanol–water partition coefficient (Wildman–Crippen LogP) is 1.23. The summed E-state index contributed by atoms with van der Waals surface area (Å²) in [5.41, 5.74) is 11.2. The lowest BCUT2D eigenvalue weighted by atomic mass is 10.5. The van der Waals surface area contributed by atoms with Crippen LogP contribution >= 0.6 is 11.8 Å². The second-order valence-electron chi connectivity index (χ2n) is 3.21. The van der Waals surface area contributed by atoms with Crippen LogP contribution in [0.2, 0.25) is 0 Å². The topological polar surface area (TPSA) is 103 Å². The van der Waals surface area contributed by atoms with Gasteiger partial charge in [-0.3, -0.25) is 0 Å². The Morgan fingerprint density at radius 2 is 1.82 bits per heavy atom. The van der Waals surface area contributed by atoms with Crippen LogP contribution in [0.5, 0.6) is 0 Å². The highest BCUT2D eigenvalue weighted by Crippen LogP contribution is 2.24. The molecule has 0 aliphatic rings. The number of nitrogens with zero attached hydrogens (tertiary/aromatic N) is 3. The third-order valence-corrected chi connectivity index (χ3v) is 2.72. The van der Waals surface area contributed by atoms with Crippen LogP contribution in [-0.2, 0) is 0 Å². The fraction of sp³-hybridized carbons (Fsp3) is 0.100. The first-order valence-corrected chi connectivity index (χ1v) is 5.72. The van der Waals surface area contributed by atoms with E-state index in [1.165, 1.54) is 17.8 Å². The van der Waals surface area contributed by atoms with Gasteiger partial charge in [0, 0.05) is 13.1 Å². The average Bonchev–Trinajstić information content (AvgIpc) is 2.28. The van der Waals surface area contributed by atoms with Gasteiger partial charge in [-0.1, -0.05) is 6.07 Å². The smallest absolute Gasteiger partial charge is 0.197 e. The highest BCUT2D eigenvalue weighted by molar-refractivity contribution is 7.99. The molecule has 0 saturated carbocycles. The summed E-state index contributed by atoms with van der Waals surface area (Å²) >= 11 is 1.31. The summed E-state index contributed by atoms with van der Waals surface area (Å²) in [7, 11) is 1.81. The van der Waals surface area contributed by atoms with Crippen LogP contribution in [0.1, 0.15) is 0 Å². The van der Waals surface area contributed by atoms with Gasteiger partial charge in [-0.15, -0.1) is 0 Å². The van der Waals surface area contributed by atoms with E-state index in [2.05, 4.69) is 20.3 Å². The maximum Gasteiger partial charge on any atom is 0.197 e. The van der Waals surface area contributed by atoms with Crippen LogP contribution in [0.3, 0.4) is 0 Å². The fourth-order valence-corrected chi connectivity index (χ4v) is 1.99. The van der Waals surface area contributed by atoms with Crippen molar-refractivity contribution < 1.29 is 0 Å². The molecular weight excluding hydrogens is 236 g/mol. The van der Waals surface area contributed by atoms with Crippen molar-refractivity contribution in [3.63, 3.8) is 0 Å². The third-order valence-electron chi connectivity index (χ3n) is 1.92. The van der Waals surface area contributed by atoms with E-state index in [9.17, 15) is 0 Å². The molecule has 17 heavy (non-hydrogen) atoms. The Labute approximate surface area is 103 Å². The Bertz CT molecular complexity index is 510. The van der Waals surface area contributed by atoms with Gasteiger partial charge in [0.1, 0.15) is 22.5 Å². The fourth-order valence-electron chi connectivity index (χ4n) is 1.21. The van der Waals surface area contributed by atoms with E-state index >= 15 is 0 Å². The number of pyridine rings is 1. The van der Waals surface area contributed by atoms with Gasteiger partial charge < -0.3 is 16.8 Å². The van der Waals surface area contributed by atoms with Crippen molar-refractivity contribution in [1.82, 2.24) is 15.0 Å². The van der Waals surface area contributed by atoms with E-state index < -0.39 is 0 Å². The van der Waals surface area contributed by atoms with Gasteiger partial charge >= 0.3 is 0 Å². The highest BCUT2D eigenvalue weighted by atomic mass is 32.2. The summed E-state index contributed by atoms with van der Waals surface area (Å²) in [6, 6.07) is 7.16. The van der Waals surface area contributed by atoms with Crippen molar-refractivity contribution in [1.29, 1.82) is 0 Å². The SMILES string of the molecule is CNc1cccc(Sc2nc(N)cc(N)n2)n1. The van der Waals surface area contributed by atoms with Gasteiger partial charge in [0.15, 0.2) is 5.16 Å². The number of rotatable bonds is 3. The van der Waals surface area contributed by atoms with Gasteiger partial charge in [-0.05, 0) is 23.9 Å². The number of anilines is 3.